The fourth-order valence-corrected chi connectivity index (χ4v) is 2.79. The van der Waals surface area contributed by atoms with Crippen LogP contribution >= 0.6 is 27.3 Å². The van der Waals surface area contributed by atoms with Crippen molar-refractivity contribution in [2.45, 2.75) is 13.0 Å². The van der Waals surface area contributed by atoms with Crippen LogP contribution in [0.25, 0.3) is 0 Å². The molecular weight excluding hydrogens is 317 g/mol. The number of aliphatic hydroxyl groups excluding tert-OH is 1. The maximum absolute atomic E-state index is 13.4. The van der Waals surface area contributed by atoms with Crippen LogP contribution in [0.3, 0.4) is 0 Å². The minimum absolute atomic E-state index is 0.311. The van der Waals surface area contributed by atoms with Crippen molar-refractivity contribution in [3.63, 3.8) is 0 Å². The van der Waals surface area contributed by atoms with E-state index >= 15 is 0 Å². The van der Waals surface area contributed by atoms with E-state index in [0.29, 0.717) is 16.7 Å². The maximum atomic E-state index is 13.4. The number of aliphatic hydroxyl groups is 1. The van der Waals surface area contributed by atoms with Crippen molar-refractivity contribution in [2.24, 2.45) is 0 Å². The molecule has 1 heterocycles. The van der Waals surface area contributed by atoms with Crippen LogP contribution in [0, 0.1) is 12.7 Å². The van der Waals surface area contributed by atoms with Crippen molar-refractivity contribution in [3.8, 4) is 0 Å². The molecule has 0 spiro atoms. The number of nitrogens with one attached hydrogen (secondary N) is 1. The van der Waals surface area contributed by atoms with Gasteiger partial charge in [0.2, 0.25) is 0 Å². The molecule has 0 amide bonds. The molecule has 0 aliphatic heterocycles. The zero-order valence-corrected chi connectivity index (χ0v) is 12.2. The fourth-order valence-electron chi connectivity index (χ4n) is 1.62. The molecule has 18 heavy (non-hydrogen) atoms. The summed E-state index contributed by atoms with van der Waals surface area (Å²) in [6, 6.07) is 6.93. The van der Waals surface area contributed by atoms with Gasteiger partial charge in [-0.15, -0.1) is 11.3 Å². The molecule has 5 heteroatoms. The molecule has 0 fully saturated rings. The standard InChI is InChI=1S/C13H13BrFNOS/c1-8-5-9(14)10(15)6-11(8)16-7-12(17)13-3-2-4-18-13/h2-6,12,16-17H,7H2,1H3. The van der Waals surface area contributed by atoms with Crippen molar-refractivity contribution < 1.29 is 9.50 Å². The summed E-state index contributed by atoms with van der Waals surface area (Å²) in [7, 11) is 0. The van der Waals surface area contributed by atoms with E-state index in [0.717, 1.165) is 10.4 Å². The fraction of sp³-hybridized carbons (Fsp3) is 0.231. The highest BCUT2D eigenvalue weighted by Crippen LogP contribution is 2.25. The Morgan fingerprint density at radius 3 is 2.94 bits per heavy atom. The Labute approximate surface area is 118 Å². The molecule has 2 nitrogen and oxygen atoms in total. The van der Waals surface area contributed by atoms with Crippen LogP contribution in [0.1, 0.15) is 16.5 Å². The molecule has 96 valence electrons. The van der Waals surface area contributed by atoms with E-state index in [-0.39, 0.29) is 5.82 Å². The summed E-state index contributed by atoms with van der Waals surface area (Å²) < 4.78 is 13.9. The summed E-state index contributed by atoms with van der Waals surface area (Å²) in [6.45, 7) is 2.26. The van der Waals surface area contributed by atoms with Crippen LogP contribution in [0.2, 0.25) is 0 Å². The lowest BCUT2D eigenvalue weighted by molar-refractivity contribution is 0.195. The number of anilines is 1. The molecule has 1 aromatic heterocycles. The van der Waals surface area contributed by atoms with E-state index < -0.39 is 6.10 Å². The normalized spacial score (nSPS) is 12.4. The van der Waals surface area contributed by atoms with Gasteiger partial charge in [-0.05, 0) is 52.0 Å². The lowest BCUT2D eigenvalue weighted by Gasteiger charge is -2.13. The molecule has 0 aliphatic rings. The van der Waals surface area contributed by atoms with Crippen molar-refractivity contribution >= 4 is 33.0 Å². The topological polar surface area (TPSA) is 32.3 Å². The minimum Gasteiger partial charge on any atom is -0.386 e. The van der Waals surface area contributed by atoms with Crippen LogP contribution in [0.15, 0.2) is 34.1 Å². The van der Waals surface area contributed by atoms with Gasteiger partial charge in [0.25, 0.3) is 0 Å². The zero-order chi connectivity index (χ0) is 13.1. The second-order valence-electron chi connectivity index (χ2n) is 3.99. The van der Waals surface area contributed by atoms with Gasteiger partial charge in [0.15, 0.2) is 0 Å². The summed E-state index contributed by atoms with van der Waals surface area (Å²) in [5.41, 5.74) is 1.63. The van der Waals surface area contributed by atoms with Gasteiger partial charge in [-0.3, -0.25) is 0 Å². The number of rotatable bonds is 4. The van der Waals surface area contributed by atoms with Gasteiger partial charge in [-0.25, -0.2) is 4.39 Å². The predicted octanol–water partition coefficient (Wildman–Crippen LogP) is 4.10. The molecular formula is C13H13BrFNOS. The number of thiophene rings is 1. The van der Waals surface area contributed by atoms with Crippen molar-refractivity contribution in [1.82, 2.24) is 0 Å². The van der Waals surface area contributed by atoms with E-state index in [1.807, 2.05) is 24.4 Å². The van der Waals surface area contributed by atoms with Crippen LogP contribution in [-0.2, 0) is 0 Å². The first-order valence-electron chi connectivity index (χ1n) is 5.49. The molecule has 2 rings (SSSR count). The van der Waals surface area contributed by atoms with Gasteiger partial charge in [0.1, 0.15) is 11.9 Å². The van der Waals surface area contributed by atoms with Gasteiger partial charge in [0.05, 0.1) is 4.47 Å². The second kappa shape index (κ2) is 5.82. The van der Waals surface area contributed by atoms with Gasteiger partial charge in [0, 0.05) is 17.1 Å². The lowest BCUT2D eigenvalue weighted by atomic mass is 10.2. The highest BCUT2D eigenvalue weighted by molar-refractivity contribution is 9.10. The van der Waals surface area contributed by atoms with Crippen LogP contribution in [-0.4, -0.2) is 11.7 Å². The third-order valence-electron chi connectivity index (χ3n) is 2.62. The van der Waals surface area contributed by atoms with Crippen LogP contribution in [0.5, 0.6) is 0 Å². The third kappa shape index (κ3) is 3.10. The number of benzene rings is 1. The van der Waals surface area contributed by atoms with E-state index in [2.05, 4.69) is 21.2 Å². The third-order valence-corrected chi connectivity index (χ3v) is 4.21. The average Bonchev–Trinajstić information content (AvgIpc) is 2.85. The van der Waals surface area contributed by atoms with Gasteiger partial charge < -0.3 is 10.4 Å². The second-order valence-corrected chi connectivity index (χ2v) is 5.83. The Balaban J connectivity index is 2.04. The largest absolute Gasteiger partial charge is 0.386 e. The minimum atomic E-state index is -0.573. The monoisotopic (exact) mass is 329 g/mol. The van der Waals surface area contributed by atoms with E-state index in [4.69, 9.17) is 0 Å². The Hall–Kier alpha value is -0.910. The first-order valence-corrected chi connectivity index (χ1v) is 7.16. The molecule has 1 atom stereocenters. The molecule has 0 saturated heterocycles. The summed E-state index contributed by atoms with van der Waals surface area (Å²) in [4.78, 5) is 0.901. The Morgan fingerprint density at radius 1 is 1.50 bits per heavy atom. The quantitative estimate of drug-likeness (QED) is 0.884. The number of aryl methyl sites for hydroxylation is 1. The van der Waals surface area contributed by atoms with Crippen LogP contribution in [0.4, 0.5) is 10.1 Å². The number of hydrogen-bond acceptors (Lipinski definition) is 3. The summed E-state index contributed by atoms with van der Waals surface area (Å²) in [5.74, 6) is -0.311. The number of halogens is 2. The van der Waals surface area contributed by atoms with Crippen molar-refractivity contribution in [1.29, 1.82) is 0 Å². The van der Waals surface area contributed by atoms with E-state index in [1.54, 1.807) is 6.07 Å². The molecule has 0 aliphatic carbocycles. The first-order chi connectivity index (χ1) is 8.58. The smallest absolute Gasteiger partial charge is 0.139 e. The zero-order valence-electron chi connectivity index (χ0n) is 9.78. The van der Waals surface area contributed by atoms with E-state index in [9.17, 15) is 9.50 Å². The Morgan fingerprint density at radius 2 is 2.28 bits per heavy atom. The molecule has 0 radical (unpaired) electrons. The lowest BCUT2D eigenvalue weighted by Crippen LogP contribution is -2.12. The van der Waals surface area contributed by atoms with Gasteiger partial charge in [-0.1, -0.05) is 6.07 Å². The Bertz CT molecular complexity index is 530. The molecule has 2 N–H and O–H groups in total. The SMILES string of the molecule is Cc1cc(Br)c(F)cc1NCC(O)c1cccs1. The Kier molecular flexibility index (Phi) is 4.37. The summed E-state index contributed by atoms with van der Waals surface area (Å²) in [5, 5.41) is 14.9. The van der Waals surface area contributed by atoms with E-state index in [1.165, 1.54) is 17.4 Å². The summed E-state index contributed by atoms with van der Waals surface area (Å²) >= 11 is 4.65. The first kappa shape index (κ1) is 13.5. The van der Waals surface area contributed by atoms with Crippen LogP contribution < -0.4 is 5.32 Å². The highest BCUT2D eigenvalue weighted by Gasteiger charge is 2.10. The molecule has 1 unspecified atom stereocenters. The average molecular weight is 330 g/mol. The number of hydrogen-bond donors (Lipinski definition) is 2. The van der Waals surface area contributed by atoms with Gasteiger partial charge >= 0.3 is 0 Å². The van der Waals surface area contributed by atoms with Gasteiger partial charge in [-0.2, -0.15) is 0 Å². The molecule has 0 bridgehead atoms. The molecule has 2 aromatic rings. The van der Waals surface area contributed by atoms with Crippen molar-refractivity contribution in [2.75, 3.05) is 11.9 Å². The molecule has 1 aromatic carbocycles. The highest BCUT2D eigenvalue weighted by atomic mass is 79.9. The maximum Gasteiger partial charge on any atom is 0.139 e. The predicted molar refractivity (Wildman–Crippen MR) is 76.6 cm³/mol. The van der Waals surface area contributed by atoms with Crippen molar-refractivity contribution in [3.05, 3.63) is 50.4 Å². The molecule has 0 saturated carbocycles. The summed E-state index contributed by atoms with van der Waals surface area (Å²) in [6.07, 6.45) is -0.573.